The topological polar surface area (TPSA) is 68.0 Å². The second-order valence-corrected chi connectivity index (χ2v) is 4.23. The molecule has 1 heterocycles. The van der Waals surface area contributed by atoms with E-state index >= 15 is 0 Å². The molecule has 0 amide bonds. The van der Waals surface area contributed by atoms with E-state index in [0.29, 0.717) is 18.9 Å². The molecule has 1 aliphatic heterocycles. The van der Waals surface area contributed by atoms with Crippen LogP contribution in [0.4, 0.5) is 11.4 Å². The summed E-state index contributed by atoms with van der Waals surface area (Å²) in [5.41, 5.74) is 0.456. The maximum Gasteiger partial charge on any atom is 0.294 e. The van der Waals surface area contributed by atoms with E-state index in [-0.39, 0.29) is 5.69 Å². The van der Waals surface area contributed by atoms with Gasteiger partial charge in [0.2, 0.25) is 0 Å². The highest BCUT2D eigenvalue weighted by Crippen LogP contribution is 2.27. The summed E-state index contributed by atoms with van der Waals surface area (Å²) in [4.78, 5) is 17.2. The normalized spacial score (nSPS) is 16.5. The molecule has 0 bridgehead atoms. The van der Waals surface area contributed by atoms with Crippen molar-refractivity contribution < 1.29 is 9.66 Å². The van der Waals surface area contributed by atoms with Crippen LogP contribution < -0.4 is 0 Å². The number of nitrogens with zero attached hydrogens (tertiary/aromatic N) is 3. The molecule has 0 unspecified atom stereocenters. The van der Waals surface area contributed by atoms with Crippen LogP contribution in [0.25, 0.3) is 0 Å². The summed E-state index contributed by atoms with van der Waals surface area (Å²) in [6, 6.07) is 6.57. The second-order valence-electron chi connectivity index (χ2n) is 4.23. The molecule has 1 aromatic rings. The molecule has 1 fully saturated rings. The van der Waals surface area contributed by atoms with E-state index in [9.17, 15) is 10.1 Å². The first-order chi connectivity index (χ1) is 9.22. The van der Waals surface area contributed by atoms with Crippen LogP contribution in [0.2, 0.25) is 0 Å². The molecule has 0 spiro atoms. The lowest BCUT2D eigenvalue weighted by atomic mass is 10.2. The standard InChI is InChI=1S/C13H17N3O3/c1-2-13(15-7-9-19-10-8-15)14-11-5-3-4-6-12(11)16(17)18/h3-6H,2,7-10H2,1H3. The molecule has 0 aromatic heterocycles. The van der Waals surface area contributed by atoms with E-state index in [4.69, 9.17) is 4.74 Å². The van der Waals surface area contributed by atoms with Crippen molar-refractivity contribution in [2.45, 2.75) is 13.3 Å². The Bertz CT molecular complexity index is 482. The van der Waals surface area contributed by atoms with Crippen molar-refractivity contribution in [3.63, 3.8) is 0 Å². The molecule has 0 N–H and O–H groups in total. The van der Waals surface area contributed by atoms with Gasteiger partial charge in [-0.3, -0.25) is 10.1 Å². The third-order valence-corrected chi connectivity index (χ3v) is 3.02. The fourth-order valence-corrected chi connectivity index (χ4v) is 2.05. The largest absolute Gasteiger partial charge is 0.378 e. The lowest BCUT2D eigenvalue weighted by Crippen LogP contribution is -2.40. The zero-order chi connectivity index (χ0) is 13.7. The van der Waals surface area contributed by atoms with Crippen LogP contribution in [0.15, 0.2) is 29.3 Å². The highest BCUT2D eigenvalue weighted by Gasteiger charge is 2.16. The van der Waals surface area contributed by atoms with Crippen molar-refractivity contribution in [2.24, 2.45) is 4.99 Å². The van der Waals surface area contributed by atoms with Gasteiger partial charge in [-0.2, -0.15) is 0 Å². The van der Waals surface area contributed by atoms with Gasteiger partial charge in [0, 0.05) is 25.6 Å². The van der Waals surface area contributed by atoms with Crippen molar-refractivity contribution in [1.29, 1.82) is 0 Å². The van der Waals surface area contributed by atoms with Crippen LogP contribution in [-0.4, -0.2) is 42.0 Å². The van der Waals surface area contributed by atoms with Gasteiger partial charge in [0.1, 0.15) is 11.5 Å². The summed E-state index contributed by atoms with van der Waals surface area (Å²) in [5, 5.41) is 11.0. The van der Waals surface area contributed by atoms with Crippen LogP contribution >= 0.6 is 0 Å². The molecular weight excluding hydrogens is 246 g/mol. The van der Waals surface area contributed by atoms with Gasteiger partial charge in [-0.15, -0.1) is 0 Å². The first-order valence-electron chi connectivity index (χ1n) is 6.36. The molecule has 6 nitrogen and oxygen atoms in total. The quantitative estimate of drug-likeness (QED) is 0.363. The lowest BCUT2D eigenvalue weighted by Gasteiger charge is -2.29. The van der Waals surface area contributed by atoms with E-state index in [1.54, 1.807) is 18.2 Å². The number of amidine groups is 1. The molecule has 6 heteroatoms. The number of morpholine rings is 1. The van der Waals surface area contributed by atoms with Crippen molar-refractivity contribution in [3.05, 3.63) is 34.4 Å². The maximum absolute atomic E-state index is 11.0. The van der Waals surface area contributed by atoms with Gasteiger partial charge in [-0.1, -0.05) is 19.1 Å². The smallest absolute Gasteiger partial charge is 0.294 e. The number of rotatable bonds is 3. The number of nitro benzene ring substituents is 1. The third-order valence-electron chi connectivity index (χ3n) is 3.02. The summed E-state index contributed by atoms with van der Waals surface area (Å²) in [6.07, 6.45) is 0.742. The maximum atomic E-state index is 11.0. The highest BCUT2D eigenvalue weighted by atomic mass is 16.6. The number of benzene rings is 1. The molecule has 1 aromatic carbocycles. The highest BCUT2D eigenvalue weighted by molar-refractivity contribution is 5.86. The monoisotopic (exact) mass is 263 g/mol. The van der Waals surface area contributed by atoms with Crippen molar-refractivity contribution >= 4 is 17.2 Å². The average molecular weight is 263 g/mol. The molecule has 1 saturated heterocycles. The summed E-state index contributed by atoms with van der Waals surface area (Å²) in [6.45, 7) is 4.93. The zero-order valence-electron chi connectivity index (χ0n) is 10.9. The van der Waals surface area contributed by atoms with Gasteiger partial charge < -0.3 is 9.64 Å². The van der Waals surface area contributed by atoms with Crippen LogP contribution in [0.3, 0.4) is 0 Å². The average Bonchev–Trinajstić information content (AvgIpc) is 2.46. The lowest BCUT2D eigenvalue weighted by molar-refractivity contribution is -0.384. The Morgan fingerprint density at radius 2 is 2.11 bits per heavy atom. The minimum Gasteiger partial charge on any atom is -0.378 e. The van der Waals surface area contributed by atoms with Gasteiger partial charge in [0.05, 0.1) is 18.1 Å². The summed E-state index contributed by atoms with van der Waals surface area (Å²) >= 11 is 0. The predicted molar refractivity (Wildman–Crippen MR) is 72.9 cm³/mol. The van der Waals surface area contributed by atoms with Crippen LogP contribution in [0, 0.1) is 10.1 Å². The molecule has 0 saturated carbocycles. The minimum absolute atomic E-state index is 0.0432. The SMILES string of the molecule is CCC(=Nc1ccccc1[N+](=O)[O-])N1CCOCC1. The molecule has 102 valence electrons. The Balaban J connectivity index is 2.29. The van der Waals surface area contributed by atoms with E-state index in [2.05, 4.69) is 9.89 Å². The molecule has 1 aliphatic rings. The van der Waals surface area contributed by atoms with Crippen molar-refractivity contribution in [3.8, 4) is 0 Å². The number of hydrogen-bond acceptors (Lipinski definition) is 4. The Morgan fingerprint density at radius 1 is 1.42 bits per heavy atom. The van der Waals surface area contributed by atoms with Crippen LogP contribution in [0.1, 0.15) is 13.3 Å². The third kappa shape index (κ3) is 3.29. The Labute approximate surface area is 111 Å². The summed E-state index contributed by atoms with van der Waals surface area (Å²) in [5.74, 6) is 0.873. The van der Waals surface area contributed by atoms with Gasteiger partial charge in [-0.25, -0.2) is 4.99 Å². The summed E-state index contributed by atoms with van der Waals surface area (Å²) in [7, 11) is 0. The Kier molecular flexibility index (Phi) is 4.46. The second kappa shape index (κ2) is 6.29. The molecular formula is C13H17N3O3. The number of hydrogen-bond donors (Lipinski definition) is 0. The number of para-hydroxylation sites is 2. The molecule has 0 aliphatic carbocycles. The van der Waals surface area contributed by atoms with Crippen molar-refractivity contribution in [2.75, 3.05) is 26.3 Å². The number of aliphatic imine (C=N–C) groups is 1. The minimum atomic E-state index is -0.397. The zero-order valence-corrected chi connectivity index (χ0v) is 10.9. The molecule has 2 rings (SSSR count). The van der Waals surface area contributed by atoms with E-state index in [0.717, 1.165) is 25.3 Å². The van der Waals surface area contributed by atoms with Gasteiger partial charge in [-0.05, 0) is 6.07 Å². The fraction of sp³-hybridized carbons (Fsp3) is 0.462. The van der Waals surface area contributed by atoms with Gasteiger partial charge in [0.25, 0.3) is 5.69 Å². The van der Waals surface area contributed by atoms with Crippen LogP contribution in [-0.2, 0) is 4.74 Å². The first-order valence-corrected chi connectivity index (χ1v) is 6.36. The predicted octanol–water partition coefficient (Wildman–Crippen LogP) is 2.37. The fourth-order valence-electron chi connectivity index (χ4n) is 2.05. The first kappa shape index (κ1) is 13.5. The summed E-state index contributed by atoms with van der Waals surface area (Å²) < 4.78 is 5.30. The van der Waals surface area contributed by atoms with E-state index in [1.165, 1.54) is 6.07 Å². The van der Waals surface area contributed by atoms with Gasteiger partial charge in [0.15, 0.2) is 0 Å². The van der Waals surface area contributed by atoms with Crippen LogP contribution in [0.5, 0.6) is 0 Å². The molecule has 19 heavy (non-hydrogen) atoms. The molecule has 0 atom stereocenters. The van der Waals surface area contributed by atoms with Gasteiger partial charge >= 0.3 is 0 Å². The van der Waals surface area contributed by atoms with Crippen molar-refractivity contribution in [1.82, 2.24) is 4.90 Å². The number of ether oxygens (including phenoxy) is 1. The Morgan fingerprint density at radius 3 is 2.74 bits per heavy atom. The Hall–Kier alpha value is -1.95. The molecule has 0 radical (unpaired) electrons. The van der Waals surface area contributed by atoms with E-state index < -0.39 is 4.92 Å². The number of nitro groups is 1. The van der Waals surface area contributed by atoms with E-state index in [1.807, 2.05) is 6.92 Å².